The Labute approximate surface area is 208 Å². The number of anilines is 1. The van der Waals surface area contributed by atoms with Crippen molar-refractivity contribution in [1.29, 1.82) is 5.41 Å². The van der Waals surface area contributed by atoms with Crippen molar-refractivity contribution < 1.29 is 9.35 Å². The van der Waals surface area contributed by atoms with E-state index in [1.165, 1.54) is 19.1 Å². The summed E-state index contributed by atoms with van der Waals surface area (Å²) in [5.41, 5.74) is 2.25. The van der Waals surface area contributed by atoms with Crippen molar-refractivity contribution in [1.82, 2.24) is 15.1 Å². The SMILES string of the molecule is CC1=CN/C(=C\C(=N)[C@@H]2CCCCN2C(=O)c2cc(Cl)ccc2N[S+](C)[O-])N=C1N1CCCC1. The van der Waals surface area contributed by atoms with Gasteiger partial charge in [-0.2, -0.15) is 0 Å². The first-order valence-corrected chi connectivity index (χ1v) is 13.5. The molecule has 0 bridgehead atoms. The van der Waals surface area contributed by atoms with Crippen LogP contribution in [0.2, 0.25) is 5.02 Å². The van der Waals surface area contributed by atoms with E-state index >= 15 is 0 Å². The van der Waals surface area contributed by atoms with Gasteiger partial charge in [-0.1, -0.05) is 11.6 Å². The smallest absolute Gasteiger partial charge is 0.256 e. The predicted molar refractivity (Wildman–Crippen MR) is 139 cm³/mol. The van der Waals surface area contributed by atoms with Crippen molar-refractivity contribution in [3.05, 3.63) is 52.5 Å². The van der Waals surface area contributed by atoms with Gasteiger partial charge >= 0.3 is 0 Å². The number of amidine groups is 1. The summed E-state index contributed by atoms with van der Waals surface area (Å²) in [5, 5.41) is 12.5. The van der Waals surface area contributed by atoms with Gasteiger partial charge in [0.1, 0.15) is 17.9 Å². The zero-order valence-electron chi connectivity index (χ0n) is 19.6. The molecule has 3 N–H and O–H groups in total. The highest BCUT2D eigenvalue weighted by Gasteiger charge is 2.32. The Morgan fingerprint density at radius 2 is 2.03 bits per heavy atom. The van der Waals surface area contributed by atoms with E-state index in [2.05, 4.69) is 14.9 Å². The van der Waals surface area contributed by atoms with Gasteiger partial charge in [0.15, 0.2) is 0 Å². The highest BCUT2D eigenvalue weighted by molar-refractivity contribution is 7.92. The maximum absolute atomic E-state index is 13.6. The van der Waals surface area contributed by atoms with E-state index in [1.807, 2.05) is 13.1 Å². The molecule has 0 saturated carbocycles. The average molecular weight is 503 g/mol. The van der Waals surface area contributed by atoms with E-state index in [4.69, 9.17) is 22.0 Å². The van der Waals surface area contributed by atoms with Crippen LogP contribution in [-0.2, 0) is 11.4 Å². The molecule has 182 valence electrons. The van der Waals surface area contributed by atoms with Crippen LogP contribution in [-0.4, -0.2) is 63.7 Å². The molecule has 0 aromatic heterocycles. The van der Waals surface area contributed by atoms with Gasteiger partial charge in [-0.3, -0.25) is 4.79 Å². The van der Waals surface area contributed by atoms with Crippen LogP contribution in [0.3, 0.4) is 0 Å². The Balaban J connectivity index is 1.57. The fourth-order valence-corrected chi connectivity index (χ4v) is 5.30. The van der Waals surface area contributed by atoms with E-state index in [0.717, 1.165) is 37.3 Å². The van der Waals surface area contributed by atoms with Crippen LogP contribution in [0, 0.1) is 5.41 Å². The maximum Gasteiger partial charge on any atom is 0.256 e. The van der Waals surface area contributed by atoms with Crippen LogP contribution in [0.4, 0.5) is 5.69 Å². The zero-order valence-corrected chi connectivity index (χ0v) is 21.1. The lowest BCUT2D eigenvalue weighted by Gasteiger charge is -2.36. The van der Waals surface area contributed by atoms with E-state index in [0.29, 0.717) is 40.8 Å². The lowest BCUT2D eigenvalue weighted by Crippen LogP contribution is -2.47. The monoisotopic (exact) mass is 502 g/mol. The van der Waals surface area contributed by atoms with Gasteiger partial charge in [0.25, 0.3) is 5.91 Å². The second-order valence-electron chi connectivity index (χ2n) is 8.84. The summed E-state index contributed by atoms with van der Waals surface area (Å²) < 4.78 is 14.6. The summed E-state index contributed by atoms with van der Waals surface area (Å²) >= 11 is 4.85. The molecule has 3 aliphatic heterocycles. The standard InChI is InChI=1S/C24H31ClN6O2S/c1-16-15-27-22(28-23(16)30-10-5-6-11-30)14-19(26)21-7-3-4-12-31(21)24(32)18-13-17(25)8-9-20(18)29-34(2)33/h8-9,13-15,21,26-27,29H,3-7,10-12H2,1-2H3/b22-14+,26-19?/t21-,34?/m0/s1. The summed E-state index contributed by atoms with van der Waals surface area (Å²) in [7, 11) is 0. The topological polar surface area (TPSA) is 107 Å². The number of carbonyl (C=O) groups is 1. The van der Waals surface area contributed by atoms with Crippen molar-refractivity contribution in [3.63, 3.8) is 0 Å². The number of hydrogen-bond acceptors (Lipinski definition) is 7. The molecule has 1 aromatic rings. The number of benzene rings is 1. The minimum Gasteiger partial charge on any atom is -0.593 e. The van der Waals surface area contributed by atoms with E-state index in [1.54, 1.807) is 29.2 Å². The number of nitrogens with one attached hydrogen (secondary N) is 3. The molecule has 2 saturated heterocycles. The van der Waals surface area contributed by atoms with Crippen LogP contribution in [0.15, 0.2) is 46.9 Å². The van der Waals surface area contributed by atoms with Crippen LogP contribution < -0.4 is 10.0 Å². The number of piperidine rings is 1. The molecule has 3 aliphatic rings. The van der Waals surface area contributed by atoms with E-state index in [9.17, 15) is 9.35 Å². The van der Waals surface area contributed by atoms with Crippen LogP contribution in [0.25, 0.3) is 0 Å². The molecule has 2 atom stereocenters. The van der Waals surface area contributed by atoms with Gasteiger partial charge in [0.2, 0.25) is 0 Å². The maximum atomic E-state index is 13.6. The summed E-state index contributed by atoms with van der Waals surface area (Å²) in [4.78, 5) is 22.4. The first-order chi connectivity index (χ1) is 16.3. The third kappa shape index (κ3) is 5.59. The van der Waals surface area contributed by atoms with Crippen LogP contribution >= 0.6 is 11.6 Å². The molecule has 1 aromatic carbocycles. The minimum atomic E-state index is -1.33. The first kappa shape index (κ1) is 24.6. The molecule has 3 heterocycles. The summed E-state index contributed by atoms with van der Waals surface area (Å²) in [6, 6.07) is 4.55. The van der Waals surface area contributed by atoms with Crippen molar-refractivity contribution in [2.75, 3.05) is 30.6 Å². The number of hydrogen-bond donors (Lipinski definition) is 3. The lowest BCUT2D eigenvalue weighted by molar-refractivity contribution is 0.0681. The normalized spacial score (nSPS) is 22.7. The van der Waals surface area contributed by atoms with E-state index < -0.39 is 11.4 Å². The lowest BCUT2D eigenvalue weighted by atomic mass is 9.96. The predicted octanol–water partition coefficient (Wildman–Crippen LogP) is 3.90. The number of carbonyl (C=O) groups excluding carboxylic acids is 1. The van der Waals surface area contributed by atoms with Crippen molar-refractivity contribution >= 4 is 46.1 Å². The fourth-order valence-electron chi connectivity index (χ4n) is 4.64. The molecule has 0 aliphatic carbocycles. The summed E-state index contributed by atoms with van der Waals surface area (Å²) in [6.45, 7) is 4.58. The number of nitrogens with zero attached hydrogens (tertiary/aromatic N) is 3. The van der Waals surface area contributed by atoms with Gasteiger partial charge in [0.05, 0.1) is 34.4 Å². The van der Waals surface area contributed by atoms with Gasteiger partial charge in [-0.15, -0.1) is 0 Å². The zero-order chi connectivity index (χ0) is 24.2. The van der Waals surface area contributed by atoms with Gasteiger partial charge in [0, 0.05) is 42.5 Å². The van der Waals surface area contributed by atoms with E-state index in [-0.39, 0.29) is 11.9 Å². The van der Waals surface area contributed by atoms with Gasteiger partial charge in [-0.05, 0) is 57.2 Å². The molecular weight excluding hydrogens is 472 g/mol. The van der Waals surface area contributed by atoms with Crippen molar-refractivity contribution in [2.24, 2.45) is 4.99 Å². The molecule has 34 heavy (non-hydrogen) atoms. The average Bonchev–Trinajstić information content (AvgIpc) is 3.35. The van der Waals surface area contributed by atoms with Crippen molar-refractivity contribution in [3.8, 4) is 0 Å². The van der Waals surface area contributed by atoms with Gasteiger partial charge < -0.3 is 25.1 Å². The van der Waals surface area contributed by atoms with Gasteiger partial charge in [-0.25, -0.2) is 9.71 Å². The molecule has 8 nitrogen and oxygen atoms in total. The molecule has 0 radical (unpaired) electrons. The Hall–Kier alpha value is -2.49. The van der Waals surface area contributed by atoms with Crippen LogP contribution in [0.1, 0.15) is 49.4 Å². The number of amides is 1. The fraction of sp³-hybridized carbons (Fsp3) is 0.458. The number of halogens is 1. The first-order valence-electron chi connectivity index (χ1n) is 11.6. The molecule has 0 spiro atoms. The number of rotatable bonds is 5. The second-order valence-corrected chi connectivity index (χ2v) is 10.4. The van der Waals surface area contributed by atoms with Crippen molar-refractivity contribution in [2.45, 2.75) is 45.1 Å². The number of likely N-dealkylation sites (tertiary alicyclic amines) is 2. The Bertz CT molecular complexity index is 1050. The minimum absolute atomic E-state index is 0.225. The molecular formula is C24H31ClN6O2S. The molecule has 2 fully saturated rings. The highest BCUT2D eigenvalue weighted by atomic mass is 35.5. The highest BCUT2D eigenvalue weighted by Crippen LogP contribution is 2.27. The Kier molecular flexibility index (Phi) is 7.85. The molecule has 10 heteroatoms. The third-order valence-corrected chi connectivity index (χ3v) is 7.04. The molecule has 4 rings (SSSR count). The Morgan fingerprint density at radius 1 is 1.29 bits per heavy atom. The number of aliphatic imine (C=N–C) groups is 1. The summed E-state index contributed by atoms with van der Waals surface area (Å²) in [5.74, 6) is 1.34. The molecule has 1 unspecified atom stereocenters. The largest absolute Gasteiger partial charge is 0.593 e. The third-order valence-electron chi connectivity index (χ3n) is 6.30. The quantitative estimate of drug-likeness (QED) is 0.418. The summed E-state index contributed by atoms with van der Waals surface area (Å²) in [6.07, 6.45) is 10.0. The molecule has 1 amide bonds. The second kappa shape index (κ2) is 10.8. The Morgan fingerprint density at radius 3 is 2.76 bits per heavy atom. The van der Waals surface area contributed by atoms with Crippen LogP contribution in [0.5, 0.6) is 0 Å².